The molecule has 0 aromatic carbocycles. The van der Waals surface area contributed by atoms with Gasteiger partial charge in [0.15, 0.2) is 0 Å². The van der Waals surface area contributed by atoms with E-state index in [-0.39, 0.29) is 6.04 Å². The van der Waals surface area contributed by atoms with Gasteiger partial charge in [-0.05, 0) is 31.7 Å². The molecular weight excluding hydrogens is 198 g/mol. The molecule has 0 radical (unpaired) electrons. The van der Waals surface area contributed by atoms with Gasteiger partial charge in [-0.1, -0.05) is 13.0 Å². The normalized spacial score (nSPS) is 19.8. The maximum absolute atomic E-state index is 5.98. The van der Waals surface area contributed by atoms with Gasteiger partial charge in [0.2, 0.25) is 0 Å². The van der Waals surface area contributed by atoms with Crippen LogP contribution in [-0.2, 0) is 0 Å². The third-order valence-electron chi connectivity index (χ3n) is 3.39. The van der Waals surface area contributed by atoms with Crippen LogP contribution in [0.3, 0.4) is 0 Å². The van der Waals surface area contributed by atoms with Crippen molar-refractivity contribution in [1.29, 1.82) is 0 Å². The van der Waals surface area contributed by atoms with E-state index in [2.05, 4.69) is 22.9 Å². The third-order valence-corrected chi connectivity index (χ3v) is 3.39. The summed E-state index contributed by atoms with van der Waals surface area (Å²) in [5.41, 5.74) is 7.15. The molecular formula is C13H21N3. The van der Waals surface area contributed by atoms with Gasteiger partial charge in [0.05, 0.1) is 0 Å². The smallest absolute Gasteiger partial charge is 0.133 e. The molecule has 2 heterocycles. The number of anilines is 1. The molecule has 1 saturated heterocycles. The van der Waals surface area contributed by atoms with Crippen LogP contribution in [0.15, 0.2) is 18.3 Å². The molecule has 0 unspecified atom stereocenters. The molecule has 1 aliphatic rings. The van der Waals surface area contributed by atoms with Gasteiger partial charge in [-0.25, -0.2) is 4.98 Å². The Morgan fingerprint density at radius 1 is 1.44 bits per heavy atom. The molecule has 3 nitrogen and oxygen atoms in total. The van der Waals surface area contributed by atoms with E-state index in [4.69, 9.17) is 5.73 Å². The third kappa shape index (κ3) is 2.35. The molecule has 1 aromatic rings. The van der Waals surface area contributed by atoms with Crippen LogP contribution in [0.25, 0.3) is 0 Å². The standard InChI is InChI=1S/C13H21N3/c1-10-5-8-16(9-6-10)13-12(11(2)14)4-3-7-15-13/h3-4,7,10-11H,5-6,8-9,14H2,1-2H3/t11-/m0/s1. The maximum Gasteiger partial charge on any atom is 0.133 e. The lowest BCUT2D eigenvalue weighted by atomic mass is 9.98. The largest absolute Gasteiger partial charge is 0.356 e. The molecule has 0 aliphatic carbocycles. The highest BCUT2D eigenvalue weighted by Crippen LogP contribution is 2.26. The van der Waals surface area contributed by atoms with Crippen molar-refractivity contribution in [3.63, 3.8) is 0 Å². The summed E-state index contributed by atoms with van der Waals surface area (Å²) in [5, 5.41) is 0. The van der Waals surface area contributed by atoms with Crippen LogP contribution in [-0.4, -0.2) is 18.1 Å². The number of nitrogens with zero attached hydrogens (tertiary/aromatic N) is 2. The van der Waals surface area contributed by atoms with E-state index in [9.17, 15) is 0 Å². The fourth-order valence-electron chi connectivity index (χ4n) is 2.25. The minimum atomic E-state index is 0.0584. The van der Waals surface area contributed by atoms with Crippen LogP contribution >= 0.6 is 0 Å². The van der Waals surface area contributed by atoms with Gasteiger partial charge in [0.1, 0.15) is 5.82 Å². The number of rotatable bonds is 2. The summed E-state index contributed by atoms with van der Waals surface area (Å²) in [6.07, 6.45) is 4.38. The van der Waals surface area contributed by atoms with Crippen LogP contribution in [0.2, 0.25) is 0 Å². The number of aromatic nitrogens is 1. The highest BCUT2D eigenvalue weighted by molar-refractivity contribution is 5.48. The predicted octanol–water partition coefficient (Wildman–Crippen LogP) is 2.34. The summed E-state index contributed by atoms with van der Waals surface area (Å²) in [6.45, 7) is 6.56. The SMILES string of the molecule is CC1CCN(c2ncccc2[C@H](C)N)CC1. The lowest BCUT2D eigenvalue weighted by molar-refractivity contribution is 0.435. The van der Waals surface area contributed by atoms with Crippen molar-refractivity contribution >= 4 is 5.82 Å². The fourth-order valence-corrected chi connectivity index (χ4v) is 2.25. The number of piperidine rings is 1. The molecule has 0 saturated carbocycles. The fraction of sp³-hybridized carbons (Fsp3) is 0.615. The molecule has 16 heavy (non-hydrogen) atoms. The topological polar surface area (TPSA) is 42.2 Å². The Bertz CT molecular complexity index is 341. The molecule has 0 amide bonds. The summed E-state index contributed by atoms with van der Waals surface area (Å²) in [4.78, 5) is 6.87. The summed E-state index contributed by atoms with van der Waals surface area (Å²) in [6, 6.07) is 4.11. The van der Waals surface area contributed by atoms with Crippen molar-refractivity contribution in [3.05, 3.63) is 23.9 Å². The van der Waals surface area contributed by atoms with E-state index < -0.39 is 0 Å². The van der Waals surface area contributed by atoms with Crippen LogP contribution in [0.4, 0.5) is 5.82 Å². The minimum absolute atomic E-state index is 0.0584. The molecule has 2 N–H and O–H groups in total. The second kappa shape index (κ2) is 4.83. The first-order chi connectivity index (χ1) is 7.68. The Kier molecular flexibility index (Phi) is 3.44. The van der Waals surface area contributed by atoms with Gasteiger partial charge >= 0.3 is 0 Å². The first kappa shape index (κ1) is 11.4. The van der Waals surface area contributed by atoms with Gasteiger partial charge < -0.3 is 10.6 Å². The van der Waals surface area contributed by atoms with E-state index in [1.54, 1.807) is 0 Å². The van der Waals surface area contributed by atoms with Gasteiger partial charge in [-0.3, -0.25) is 0 Å². The highest BCUT2D eigenvalue weighted by atomic mass is 15.2. The zero-order chi connectivity index (χ0) is 11.5. The predicted molar refractivity (Wildman–Crippen MR) is 67.5 cm³/mol. The Morgan fingerprint density at radius 2 is 2.12 bits per heavy atom. The quantitative estimate of drug-likeness (QED) is 0.830. The number of nitrogens with two attached hydrogens (primary N) is 1. The Hall–Kier alpha value is -1.09. The average molecular weight is 219 g/mol. The van der Waals surface area contributed by atoms with Crippen molar-refractivity contribution in [1.82, 2.24) is 4.98 Å². The van der Waals surface area contributed by atoms with Gasteiger partial charge in [-0.2, -0.15) is 0 Å². The summed E-state index contributed by atoms with van der Waals surface area (Å²) in [7, 11) is 0. The van der Waals surface area contributed by atoms with E-state index in [1.165, 1.54) is 12.8 Å². The number of pyridine rings is 1. The Balaban J connectivity index is 2.19. The second-order valence-corrected chi connectivity index (χ2v) is 4.87. The maximum atomic E-state index is 5.98. The molecule has 3 heteroatoms. The highest BCUT2D eigenvalue weighted by Gasteiger charge is 2.19. The zero-order valence-electron chi connectivity index (χ0n) is 10.2. The molecule has 0 bridgehead atoms. The van der Waals surface area contributed by atoms with Crippen LogP contribution in [0.5, 0.6) is 0 Å². The van der Waals surface area contributed by atoms with E-state index in [0.717, 1.165) is 30.4 Å². The number of hydrogen-bond acceptors (Lipinski definition) is 3. The van der Waals surface area contributed by atoms with Crippen molar-refractivity contribution in [2.24, 2.45) is 11.7 Å². The lowest BCUT2D eigenvalue weighted by Crippen LogP contribution is -2.34. The number of hydrogen-bond donors (Lipinski definition) is 1. The van der Waals surface area contributed by atoms with E-state index in [0.29, 0.717) is 0 Å². The minimum Gasteiger partial charge on any atom is -0.356 e. The summed E-state index contributed by atoms with van der Waals surface area (Å²) >= 11 is 0. The molecule has 2 rings (SSSR count). The van der Waals surface area contributed by atoms with Crippen LogP contribution in [0, 0.1) is 5.92 Å². The molecule has 1 atom stereocenters. The molecule has 1 aromatic heterocycles. The molecule has 0 spiro atoms. The lowest BCUT2D eigenvalue weighted by Gasteiger charge is -2.32. The van der Waals surface area contributed by atoms with Gasteiger partial charge in [-0.15, -0.1) is 0 Å². The first-order valence-electron chi connectivity index (χ1n) is 6.14. The van der Waals surface area contributed by atoms with Crippen molar-refractivity contribution in [2.75, 3.05) is 18.0 Å². The van der Waals surface area contributed by atoms with E-state index in [1.807, 2.05) is 19.2 Å². The molecule has 88 valence electrons. The van der Waals surface area contributed by atoms with Crippen molar-refractivity contribution in [2.45, 2.75) is 32.7 Å². The van der Waals surface area contributed by atoms with Gasteiger partial charge in [0, 0.05) is 30.9 Å². The van der Waals surface area contributed by atoms with Crippen LogP contribution < -0.4 is 10.6 Å². The first-order valence-corrected chi connectivity index (χ1v) is 6.14. The molecule has 1 fully saturated rings. The second-order valence-electron chi connectivity index (χ2n) is 4.87. The summed E-state index contributed by atoms with van der Waals surface area (Å²) < 4.78 is 0. The Morgan fingerprint density at radius 3 is 2.75 bits per heavy atom. The van der Waals surface area contributed by atoms with E-state index >= 15 is 0 Å². The summed E-state index contributed by atoms with van der Waals surface area (Å²) in [5.74, 6) is 1.93. The van der Waals surface area contributed by atoms with Crippen molar-refractivity contribution < 1.29 is 0 Å². The Labute approximate surface area is 97.7 Å². The van der Waals surface area contributed by atoms with Crippen LogP contribution in [0.1, 0.15) is 38.3 Å². The average Bonchev–Trinajstić information content (AvgIpc) is 2.30. The zero-order valence-corrected chi connectivity index (χ0v) is 10.2. The van der Waals surface area contributed by atoms with Crippen molar-refractivity contribution in [3.8, 4) is 0 Å². The molecule has 1 aliphatic heterocycles. The van der Waals surface area contributed by atoms with Gasteiger partial charge in [0.25, 0.3) is 0 Å². The monoisotopic (exact) mass is 219 g/mol.